The summed E-state index contributed by atoms with van der Waals surface area (Å²) in [5.41, 5.74) is 1.41. The van der Waals surface area contributed by atoms with Gasteiger partial charge in [-0.15, -0.1) is 0 Å². The molecule has 2 rings (SSSR count). The standard InChI is InChI=1S/C9H12.C6H8OSi/c1-8(2)9-6-4-3-5-7-9;8-7-6-4-2-1-3-5-6/h3-8H,1-2H3;1-5H,8H3. The fourth-order valence-electron chi connectivity index (χ4n) is 1.39. The molecule has 0 aliphatic rings. The molecule has 17 heavy (non-hydrogen) atoms. The molecule has 0 spiro atoms. The van der Waals surface area contributed by atoms with E-state index in [0.717, 1.165) is 16.2 Å². The van der Waals surface area contributed by atoms with Gasteiger partial charge in [0.25, 0.3) is 0 Å². The van der Waals surface area contributed by atoms with E-state index < -0.39 is 0 Å². The van der Waals surface area contributed by atoms with E-state index in [2.05, 4.69) is 38.1 Å². The first-order chi connectivity index (χ1) is 8.24. The van der Waals surface area contributed by atoms with E-state index in [1.54, 1.807) is 0 Å². The molecule has 2 aromatic carbocycles. The number of benzene rings is 2. The summed E-state index contributed by atoms with van der Waals surface area (Å²) in [6.45, 7) is 4.41. The highest BCUT2D eigenvalue weighted by atomic mass is 28.2. The Kier molecular flexibility index (Phi) is 6.11. The molecular formula is C15H20OSi. The van der Waals surface area contributed by atoms with Gasteiger partial charge in [-0.2, -0.15) is 0 Å². The summed E-state index contributed by atoms with van der Waals surface area (Å²) >= 11 is 0. The second-order valence-corrected chi connectivity index (χ2v) is 4.49. The maximum atomic E-state index is 5.05. The third-order valence-corrected chi connectivity index (χ3v) is 2.92. The Morgan fingerprint density at radius 3 is 1.59 bits per heavy atom. The van der Waals surface area contributed by atoms with Gasteiger partial charge in [0.2, 0.25) is 10.5 Å². The van der Waals surface area contributed by atoms with Crippen molar-refractivity contribution in [3.63, 3.8) is 0 Å². The first-order valence-electron chi connectivity index (χ1n) is 5.88. The molecule has 1 nitrogen and oxygen atoms in total. The van der Waals surface area contributed by atoms with Gasteiger partial charge in [0, 0.05) is 0 Å². The quantitative estimate of drug-likeness (QED) is 0.737. The Morgan fingerprint density at radius 2 is 1.29 bits per heavy atom. The highest BCUT2D eigenvalue weighted by Gasteiger charge is 1.93. The van der Waals surface area contributed by atoms with Crippen LogP contribution in [0.15, 0.2) is 60.7 Å². The topological polar surface area (TPSA) is 9.23 Å². The van der Waals surface area contributed by atoms with Crippen molar-refractivity contribution in [1.82, 2.24) is 0 Å². The summed E-state index contributed by atoms with van der Waals surface area (Å²) in [6, 6.07) is 20.3. The molecule has 0 fully saturated rings. The fraction of sp³-hybridized carbons (Fsp3) is 0.200. The van der Waals surface area contributed by atoms with Crippen molar-refractivity contribution in [1.29, 1.82) is 0 Å². The highest BCUT2D eigenvalue weighted by Crippen LogP contribution is 2.11. The second kappa shape index (κ2) is 7.69. The van der Waals surface area contributed by atoms with Crippen molar-refractivity contribution in [2.45, 2.75) is 19.8 Å². The Balaban J connectivity index is 0.000000171. The van der Waals surface area contributed by atoms with Gasteiger partial charge in [-0.3, -0.25) is 0 Å². The number of rotatable bonds is 2. The van der Waals surface area contributed by atoms with Gasteiger partial charge in [0.15, 0.2) is 0 Å². The highest BCUT2D eigenvalue weighted by molar-refractivity contribution is 5.99. The predicted octanol–water partition coefficient (Wildman–Crippen LogP) is 3.16. The summed E-state index contributed by atoms with van der Waals surface area (Å²) in [6.07, 6.45) is 0. The number of para-hydroxylation sites is 1. The van der Waals surface area contributed by atoms with Crippen LogP contribution in [0.5, 0.6) is 5.75 Å². The van der Waals surface area contributed by atoms with Crippen molar-refractivity contribution in [3.05, 3.63) is 66.2 Å². The van der Waals surface area contributed by atoms with Crippen LogP contribution < -0.4 is 4.43 Å². The first kappa shape index (κ1) is 13.5. The third-order valence-electron chi connectivity index (χ3n) is 2.45. The minimum atomic E-state index is 0.659. The minimum Gasteiger partial charge on any atom is -0.553 e. The van der Waals surface area contributed by atoms with Crippen molar-refractivity contribution < 1.29 is 4.43 Å². The molecular weight excluding hydrogens is 224 g/mol. The molecule has 0 amide bonds. The maximum Gasteiger partial charge on any atom is 0.204 e. The summed E-state index contributed by atoms with van der Waals surface area (Å²) < 4.78 is 5.05. The lowest BCUT2D eigenvalue weighted by atomic mass is 10.0. The van der Waals surface area contributed by atoms with E-state index in [1.165, 1.54) is 5.56 Å². The van der Waals surface area contributed by atoms with Crippen LogP contribution in [0.1, 0.15) is 25.3 Å². The lowest BCUT2D eigenvalue weighted by Gasteiger charge is -2.01. The van der Waals surface area contributed by atoms with Crippen LogP contribution in [0, 0.1) is 0 Å². The molecule has 0 saturated carbocycles. The van der Waals surface area contributed by atoms with E-state index in [9.17, 15) is 0 Å². The van der Waals surface area contributed by atoms with Crippen molar-refractivity contribution in [2.24, 2.45) is 0 Å². The zero-order valence-corrected chi connectivity index (χ0v) is 12.8. The average Bonchev–Trinajstić information content (AvgIpc) is 2.41. The Bertz CT molecular complexity index is 398. The van der Waals surface area contributed by atoms with Gasteiger partial charge in [0.1, 0.15) is 5.75 Å². The fourth-order valence-corrected chi connectivity index (χ4v) is 1.67. The maximum absolute atomic E-state index is 5.05. The normalized spacial score (nSPS) is 9.59. The van der Waals surface area contributed by atoms with E-state index >= 15 is 0 Å². The summed E-state index contributed by atoms with van der Waals surface area (Å²) in [5.74, 6) is 1.63. The van der Waals surface area contributed by atoms with Crippen LogP contribution in [0.4, 0.5) is 0 Å². The minimum absolute atomic E-state index is 0.659. The Morgan fingerprint density at radius 1 is 0.824 bits per heavy atom. The molecule has 0 bridgehead atoms. The molecule has 0 radical (unpaired) electrons. The summed E-state index contributed by atoms with van der Waals surface area (Å²) in [7, 11) is 0.777. The van der Waals surface area contributed by atoms with Crippen LogP contribution in [0.2, 0.25) is 0 Å². The monoisotopic (exact) mass is 244 g/mol. The van der Waals surface area contributed by atoms with Gasteiger partial charge in [0.05, 0.1) is 0 Å². The van der Waals surface area contributed by atoms with Crippen molar-refractivity contribution >= 4 is 10.5 Å². The molecule has 0 aliphatic heterocycles. The molecule has 2 heteroatoms. The molecule has 0 saturated heterocycles. The van der Waals surface area contributed by atoms with Gasteiger partial charge in [-0.05, 0) is 23.6 Å². The predicted molar refractivity (Wildman–Crippen MR) is 77.5 cm³/mol. The molecule has 2 aromatic rings. The van der Waals surface area contributed by atoms with Crippen LogP contribution in [-0.4, -0.2) is 10.5 Å². The molecule has 0 atom stereocenters. The SMILES string of the molecule is CC(C)c1ccccc1.[SiH3]Oc1ccccc1. The summed E-state index contributed by atoms with van der Waals surface area (Å²) in [5, 5.41) is 0. The molecule has 0 aliphatic carbocycles. The van der Waals surface area contributed by atoms with Crippen LogP contribution >= 0.6 is 0 Å². The second-order valence-electron chi connectivity index (χ2n) is 4.08. The average molecular weight is 244 g/mol. The van der Waals surface area contributed by atoms with Crippen LogP contribution in [-0.2, 0) is 0 Å². The zero-order chi connectivity index (χ0) is 12.5. The van der Waals surface area contributed by atoms with Crippen LogP contribution in [0.3, 0.4) is 0 Å². The third kappa shape index (κ3) is 5.36. The number of hydrogen-bond acceptors (Lipinski definition) is 1. The lowest BCUT2D eigenvalue weighted by Crippen LogP contribution is -1.83. The molecule has 90 valence electrons. The number of hydrogen-bond donors (Lipinski definition) is 0. The first-order valence-corrected chi connectivity index (χ1v) is 6.69. The van der Waals surface area contributed by atoms with Gasteiger partial charge in [-0.25, -0.2) is 0 Å². The largest absolute Gasteiger partial charge is 0.553 e. The van der Waals surface area contributed by atoms with E-state index in [4.69, 9.17) is 4.43 Å². The zero-order valence-electron chi connectivity index (χ0n) is 10.8. The summed E-state index contributed by atoms with van der Waals surface area (Å²) in [4.78, 5) is 0. The molecule has 0 aromatic heterocycles. The lowest BCUT2D eigenvalue weighted by molar-refractivity contribution is 0.616. The van der Waals surface area contributed by atoms with Gasteiger partial charge in [-0.1, -0.05) is 62.4 Å². The van der Waals surface area contributed by atoms with E-state index in [0.29, 0.717) is 5.92 Å². The Hall–Kier alpha value is -1.54. The van der Waals surface area contributed by atoms with Gasteiger partial charge < -0.3 is 4.43 Å². The van der Waals surface area contributed by atoms with E-state index in [1.807, 2.05) is 36.4 Å². The molecule has 0 heterocycles. The van der Waals surface area contributed by atoms with Crippen molar-refractivity contribution in [2.75, 3.05) is 0 Å². The molecule has 0 unspecified atom stereocenters. The Labute approximate surface area is 107 Å². The molecule has 0 N–H and O–H groups in total. The smallest absolute Gasteiger partial charge is 0.204 e. The van der Waals surface area contributed by atoms with Gasteiger partial charge >= 0.3 is 0 Å². The van der Waals surface area contributed by atoms with Crippen LogP contribution in [0.25, 0.3) is 0 Å². The van der Waals surface area contributed by atoms with E-state index in [-0.39, 0.29) is 0 Å². The van der Waals surface area contributed by atoms with Crippen molar-refractivity contribution in [3.8, 4) is 5.75 Å².